The summed E-state index contributed by atoms with van der Waals surface area (Å²) in [5.41, 5.74) is 6.36. The fraction of sp³-hybridized carbons (Fsp3) is 0.500. The van der Waals surface area contributed by atoms with Crippen LogP contribution in [0.25, 0.3) is 0 Å². The fourth-order valence-electron chi connectivity index (χ4n) is 1.96. The largest absolute Gasteiger partial charge is 0.354 e. The Balaban J connectivity index is 1.67. The van der Waals surface area contributed by atoms with Gasteiger partial charge < -0.3 is 11.1 Å². The second kappa shape index (κ2) is 8.53. The van der Waals surface area contributed by atoms with E-state index < -0.39 is 0 Å². The molecule has 1 amide bonds. The van der Waals surface area contributed by atoms with Crippen molar-refractivity contribution in [2.75, 3.05) is 13.1 Å². The van der Waals surface area contributed by atoms with Gasteiger partial charge in [-0.15, -0.1) is 16.4 Å². The number of thiophene rings is 1. The highest BCUT2D eigenvalue weighted by molar-refractivity contribution is 7.09. The topological polar surface area (TPSA) is 85.8 Å². The molecule has 0 saturated heterocycles. The quantitative estimate of drug-likeness (QED) is 0.676. The third-order valence-electron chi connectivity index (χ3n) is 3.05. The normalized spacial score (nSPS) is 10.7. The maximum Gasteiger partial charge on any atom is 0.241 e. The summed E-state index contributed by atoms with van der Waals surface area (Å²) in [4.78, 5) is 13.1. The molecule has 7 heteroatoms. The van der Waals surface area contributed by atoms with Gasteiger partial charge in [0.2, 0.25) is 5.91 Å². The molecular weight excluding hydrogens is 286 g/mol. The van der Waals surface area contributed by atoms with Crippen molar-refractivity contribution in [1.29, 1.82) is 0 Å². The number of nitrogens with two attached hydrogens (primary N) is 1. The third-order valence-corrected chi connectivity index (χ3v) is 3.99. The number of rotatable bonds is 9. The molecule has 0 aromatic carbocycles. The summed E-state index contributed by atoms with van der Waals surface area (Å²) >= 11 is 1.70. The van der Waals surface area contributed by atoms with Crippen LogP contribution in [0.3, 0.4) is 0 Å². The molecule has 0 atom stereocenters. The Hall–Kier alpha value is -1.73. The van der Waals surface area contributed by atoms with E-state index in [2.05, 4.69) is 21.7 Å². The Morgan fingerprint density at radius 2 is 2.29 bits per heavy atom. The van der Waals surface area contributed by atoms with Gasteiger partial charge in [-0.05, 0) is 43.7 Å². The summed E-state index contributed by atoms with van der Waals surface area (Å²) in [6, 6.07) is 4.09. The van der Waals surface area contributed by atoms with Gasteiger partial charge >= 0.3 is 0 Å². The van der Waals surface area contributed by atoms with E-state index in [1.54, 1.807) is 16.0 Å². The molecule has 21 heavy (non-hydrogen) atoms. The smallest absolute Gasteiger partial charge is 0.241 e. The number of carbonyl (C=O) groups is 1. The van der Waals surface area contributed by atoms with Crippen molar-refractivity contribution in [2.24, 2.45) is 5.73 Å². The van der Waals surface area contributed by atoms with E-state index in [4.69, 9.17) is 5.73 Å². The molecule has 0 saturated carbocycles. The van der Waals surface area contributed by atoms with Gasteiger partial charge in [-0.25, -0.2) is 4.68 Å². The minimum atomic E-state index is -0.0371. The van der Waals surface area contributed by atoms with E-state index in [1.807, 2.05) is 17.6 Å². The first kappa shape index (κ1) is 15.7. The lowest BCUT2D eigenvalue weighted by molar-refractivity contribution is -0.121. The highest BCUT2D eigenvalue weighted by atomic mass is 32.1. The molecule has 0 aliphatic carbocycles. The Morgan fingerprint density at radius 1 is 1.38 bits per heavy atom. The van der Waals surface area contributed by atoms with Gasteiger partial charge in [-0.2, -0.15) is 0 Å². The molecule has 0 aliphatic rings. The number of hydrogen-bond donors (Lipinski definition) is 2. The minimum Gasteiger partial charge on any atom is -0.354 e. The predicted molar refractivity (Wildman–Crippen MR) is 83.0 cm³/mol. The zero-order chi connectivity index (χ0) is 14.9. The predicted octanol–water partition coefficient (Wildman–Crippen LogP) is 0.980. The Bertz CT molecular complexity index is 537. The molecule has 3 N–H and O–H groups in total. The van der Waals surface area contributed by atoms with Crippen LogP contribution in [-0.2, 0) is 24.2 Å². The molecule has 0 aliphatic heterocycles. The molecule has 6 nitrogen and oxygen atoms in total. The molecule has 2 heterocycles. The van der Waals surface area contributed by atoms with E-state index in [0.717, 1.165) is 31.4 Å². The molecule has 0 radical (unpaired) electrons. The lowest BCUT2D eigenvalue weighted by Crippen LogP contribution is -2.29. The van der Waals surface area contributed by atoms with Crippen LogP contribution < -0.4 is 11.1 Å². The van der Waals surface area contributed by atoms with Gasteiger partial charge in [0.05, 0.1) is 5.69 Å². The van der Waals surface area contributed by atoms with Gasteiger partial charge in [0.1, 0.15) is 6.54 Å². The summed E-state index contributed by atoms with van der Waals surface area (Å²) in [6.45, 7) is 1.56. The summed E-state index contributed by atoms with van der Waals surface area (Å²) in [5.74, 6) is -0.0371. The fourth-order valence-corrected chi connectivity index (χ4v) is 2.67. The van der Waals surface area contributed by atoms with Crippen molar-refractivity contribution in [3.05, 3.63) is 34.3 Å². The average Bonchev–Trinajstić information content (AvgIpc) is 3.11. The number of aryl methyl sites for hydroxylation is 1. The van der Waals surface area contributed by atoms with E-state index in [1.165, 1.54) is 4.88 Å². The first-order valence-corrected chi connectivity index (χ1v) is 8.04. The maximum absolute atomic E-state index is 11.8. The molecule has 2 aromatic heterocycles. The lowest BCUT2D eigenvalue weighted by atomic mass is 10.2. The number of aromatic nitrogens is 3. The minimum absolute atomic E-state index is 0.0371. The van der Waals surface area contributed by atoms with Crippen molar-refractivity contribution in [3.63, 3.8) is 0 Å². The van der Waals surface area contributed by atoms with Crippen LogP contribution in [0.15, 0.2) is 23.7 Å². The van der Waals surface area contributed by atoms with Crippen LogP contribution in [-0.4, -0.2) is 34.0 Å². The molecule has 0 unspecified atom stereocenters. The summed E-state index contributed by atoms with van der Waals surface area (Å²) in [5, 5.41) is 13.0. The Morgan fingerprint density at radius 3 is 3.05 bits per heavy atom. The van der Waals surface area contributed by atoms with Crippen LogP contribution in [0.5, 0.6) is 0 Å². The Kier molecular flexibility index (Phi) is 6.36. The zero-order valence-corrected chi connectivity index (χ0v) is 12.8. The lowest BCUT2D eigenvalue weighted by Gasteiger charge is -2.03. The number of carbonyl (C=O) groups excluding carboxylic acids is 1. The first-order valence-electron chi connectivity index (χ1n) is 7.16. The van der Waals surface area contributed by atoms with Crippen LogP contribution in [0, 0.1) is 0 Å². The standard InChI is InChI=1S/C14H21N5OS/c15-7-2-1-4-12-10-19(18-17-12)11-14(20)16-8-6-13-5-3-9-21-13/h3,5,9-10H,1-2,4,6-8,11,15H2,(H,16,20). The number of hydrogen-bond acceptors (Lipinski definition) is 5. The summed E-state index contributed by atoms with van der Waals surface area (Å²) in [7, 11) is 0. The van der Waals surface area contributed by atoms with Crippen molar-refractivity contribution < 1.29 is 4.79 Å². The number of unbranched alkanes of at least 4 members (excludes halogenated alkanes) is 1. The summed E-state index contributed by atoms with van der Waals surface area (Å²) < 4.78 is 1.58. The van der Waals surface area contributed by atoms with Gasteiger partial charge in [0, 0.05) is 17.6 Å². The molecule has 0 bridgehead atoms. The zero-order valence-electron chi connectivity index (χ0n) is 12.0. The van der Waals surface area contributed by atoms with Gasteiger partial charge in [-0.3, -0.25) is 4.79 Å². The van der Waals surface area contributed by atoms with Gasteiger partial charge in [-0.1, -0.05) is 11.3 Å². The molecule has 0 fully saturated rings. The van der Waals surface area contributed by atoms with Crippen LogP contribution in [0.4, 0.5) is 0 Å². The Labute approximate surface area is 128 Å². The van der Waals surface area contributed by atoms with E-state index >= 15 is 0 Å². The van der Waals surface area contributed by atoms with Crippen molar-refractivity contribution in [2.45, 2.75) is 32.2 Å². The van der Waals surface area contributed by atoms with E-state index in [9.17, 15) is 4.79 Å². The maximum atomic E-state index is 11.8. The first-order chi connectivity index (χ1) is 10.3. The summed E-state index contributed by atoms with van der Waals surface area (Å²) in [6.07, 6.45) is 5.54. The highest BCUT2D eigenvalue weighted by Gasteiger charge is 2.06. The van der Waals surface area contributed by atoms with Gasteiger partial charge in [0.25, 0.3) is 0 Å². The molecular formula is C14H21N5OS. The monoisotopic (exact) mass is 307 g/mol. The molecule has 2 aromatic rings. The second-order valence-corrected chi connectivity index (χ2v) is 5.86. The number of amides is 1. The molecule has 114 valence electrons. The number of nitrogens with one attached hydrogen (secondary N) is 1. The number of nitrogens with zero attached hydrogens (tertiary/aromatic N) is 3. The van der Waals surface area contributed by atoms with Crippen molar-refractivity contribution in [3.8, 4) is 0 Å². The third kappa shape index (κ3) is 5.65. The van der Waals surface area contributed by atoms with Gasteiger partial charge in [0.15, 0.2) is 0 Å². The van der Waals surface area contributed by atoms with E-state index in [-0.39, 0.29) is 12.5 Å². The van der Waals surface area contributed by atoms with Crippen LogP contribution in [0.1, 0.15) is 23.4 Å². The van der Waals surface area contributed by atoms with Crippen molar-refractivity contribution in [1.82, 2.24) is 20.3 Å². The molecule has 0 spiro atoms. The SMILES string of the molecule is NCCCCc1cn(CC(=O)NCCc2cccs2)nn1. The second-order valence-electron chi connectivity index (χ2n) is 4.83. The van der Waals surface area contributed by atoms with Crippen LogP contribution in [0.2, 0.25) is 0 Å². The van der Waals surface area contributed by atoms with Crippen LogP contribution >= 0.6 is 11.3 Å². The average molecular weight is 307 g/mol. The van der Waals surface area contributed by atoms with E-state index in [0.29, 0.717) is 13.1 Å². The molecule has 2 rings (SSSR count). The van der Waals surface area contributed by atoms with Crippen molar-refractivity contribution >= 4 is 17.2 Å². The highest BCUT2D eigenvalue weighted by Crippen LogP contribution is 2.08.